The summed E-state index contributed by atoms with van der Waals surface area (Å²) >= 11 is 0. The van der Waals surface area contributed by atoms with E-state index < -0.39 is 0 Å². The van der Waals surface area contributed by atoms with E-state index in [9.17, 15) is 4.79 Å². The van der Waals surface area contributed by atoms with Crippen molar-refractivity contribution in [3.05, 3.63) is 29.3 Å². The fraction of sp³-hybridized carbons (Fsp3) is 0.588. The van der Waals surface area contributed by atoms with Crippen LogP contribution >= 0.6 is 0 Å². The number of amides is 1. The van der Waals surface area contributed by atoms with Crippen LogP contribution in [0.3, 0.4) is 0 Å². The minimum absolute atomic E-state index is 0.238. The molecule has 1 aliphatic heterocycles. The molecule has 0 aromatic heterocycles. The Morgan fingerprint density at radius 2 is 2.10 bits per heavy atom. The maximum absolute atomic E-state index is 11.8. The first-order chi connectivity index (χ1) is 10.2. The average molecular weight is 290 g/mol. The predicted octanol–water partition coefficient (Wildman–Crippen LogP) is 2.01. The highest BCUT2D eigenvalue weighted by molar-refractivity contribution is 5.76. The molecule has 0 saturated heterocycles. The van der Waals surface area contributed by atoms with Crippen molar-refractivity contribution in [1.29, 1.82) is 0 Å². The van der Waals surface area contributed by atoms with Crippen molar-refractivity contribution in [2.24, 2.45) is 0 Å². The van der Waals surface area contributed by atoms with Crippen molar-refractivity contribution in [3.63, 3.8) is 0 Å². The van der Waals surface area contributed by atoms with E-state index in [4.69, 9.17) is 4.74 Å². The maximum atomic E-state index is 11.8. The lowest BCUT2D eigenvalue weighted by atomic mass is 10.1. The molecule has 116 valence electrons. The number of ether oxygens (including phenoxy) is 1. The zero-order chi connectivity index (χ0) is 15.1. The van der Waals surface area contributed by atoms with Crippen LogP contribution in [-0.4, -0.2) is 43.6 Å². The standard InChI is InChI=1S/C17H26N2O2/c1-3-19(4-2)17(20)8-11-18-10-7-14-5-6-16-15(13-14)9-12-21-16/h5-6,13,18H,3-4,7-12H2,1-2H3. The second-order valence-electron chi connectivity index (χ2n) is 5.36. The van der Waals surface area contributed by atoms with Gasteiger partial charge in [0.15, 0.2) is 0 Å². The van der Waals surface area contributed by atoms with Crippen LogP contribution in [0.1, 0.15) is 31.4 Å². The number of carbonyl (C=O) groups is 1. The van der Waals surface area contributed by atoms with Crippen molar-refractivity contribution >= 4 is 5.91 Å². The molecule has 1 aromatic carbocycles. The topological polar surface area (TPSA) is 41.6 Å². The Bertz CT molecular complexity index is 470. The van der Waals surface area contributed by atoms with Gasteiger partial charge in [0.25, 0.3) is 0 Å². The van der Waals surface area contributed by atoms with Gasteiger partial charge in [0.2, 0.25) is 5.91 Å². The lowest BCUT2D eigenvalue weighted by molar-refractivity contribution is -0.130. The average Bonchev–Trinajstić information content (AvgIpc) is 2.95. The van der Waals surface area contributed by atoms with Gasteiger partial charge in [-0.15, -0.1) is 0 Å². The minimum Gasteiger partial charge on any atom is -0.493 e. The Hall–Kier alpha value is -1.55. The van der Waals surface area contributed by atoms with Gasteiger partial charge < -0.3 is 15.0 Å². The number of rotatable bonds is 8. The van der Waals surface area contributed by atoms with E-state index in [1.165, 1.54) is 11.1 Å². The van der Waals surface area contributed by atoms with E-state index in [0.717, 1.165) is 51.4 Å². The summed E-state index contributed by atoms with van der Waals surface area (Å²) in [5.41, 5.74) is 2.66. The molecule has 1 heterocycles. The molecule has 1 aromatic rings. The summed E-state index contributed by atoms with van der Waals surface area (Å²) in [7, 11) is 0. The van der Waals surface area contributed by atoms with Gasteiger partial charge >= 0.3 is 0 Å². The van der Waals surface area contributed by atoms with Gasteiger partial charge in [-0.25, -0.2) is 0 Å². The smallest absolute Gasteiger partial charge is 0.223 e. The summed E-state index contributed by atoms with van der Waals surface area (Å²) < 4.78 is 5.51. The minimum atomic E-state index is 0.238. The molecule has 0 aliphatic carbocycles. The third-order valence-corrected chi connectivity index (χ3v) is 3.98. The Labute approximate surface area is 127 Å². The van der Waals surface area contributed by atoms with Crippen LogP contribution in [0.15, 0.2) is 18.2 Å². The van der Waals surface area contributed by atoms with Crippen LogP contribution in [-0.2, 0) is 17.6 Å². The van der Waals surface area contributed by atoms with Crippen LogP contribution in [0.5, 0.6) is 5.75 Å². The van der Waals surface area contributed by atoms with Crippen LogP contribution in [0.2, 0.25) is 0 Å². The number of nitrogens with zero attached hydrogens (tertiary/aromatic N) is 1. The molecule has 0 atom stereocenters. The van der Waals surface area contributed by atoms with Crippen LogP contribution in [0.25, 0.3) is 0 Å². The highest BCUT2D eigenvalue weighted by Crippen LogP contribution is 2.25. The molecule has 0 radical (unpaired) electrons. The predicted molar refractivity (Wildman–Crippen MR) is 84.8 cm³/mol. The lowest BCUT2D eigenvalue weighted by Crippen LogP contribution is -2.33. The molecule has 4 heteroatoms. The highest BCUT2D eigenvalue weighted by Gasteiger charge is 2.12. The zero-order valence-corrected chi connectivity index (χ0v) is 13.2. The summed E-state index contributed by atoms with van der Waals surface area (Å²) in [6.07, 6.45) is 2.60. The fourth-order valence-corrected chi connectivity index (χ4v) is 2.68. The van der Waals surface area contributed by atoms with Gasteiger partial charge in [-0.3, -0.25) is 4.79 Å². The quantitative estimate of drug-likeness (QED) is 0.745. The Morgan fingerprint density at radius 1 is 1.29 bits per heavy atom. The van der Waals surface area contributed by atoms with Gasteiger partial charge in [0.05, 0.1) is 6.61 Å². The van der Waals surface area contributed by atoms with Crippen molar-refractivity contribution in [3.8, 4) is 5.75 Å². The molecule has 0 fully saturated rings. The summed E-state index contributed by atoms with van der Waals surface area (Å²) in [5.74, 6) is 1.28. The molecule has 1 aliphatic rings. The van der Waals surface area contributed by atoms with Crippen molar-refractivity contribution in [2.45, 2.75) is 33.1 Å². The molecular weight excluding hydrogens is 264 g/mol. The molecule has 0 bridgehead atoms. The van der Waals surface area contributed by atoms with Crippen molar-refractivity contribution in [1.82, 2.24) is 10.2 Å². The van der Waals surface area contributed by atoms with E-state index in [-0.39, 0.29) is 5.91 Å². The number of hydrogen-bond acceptors (Lipinski definition) is 3. The van der Waals surface area contributed by atoms with E-state index >= 15 is 0 Å². The molecule has 0 unspecified atom stereocenters. The number of carbonyl (C=O) groups excluding carboxylic acids is 1. The zero-order valence-electron chi connectivity index (χ0n) is 13.2. The van der Waals surface area contributed by atoms with E-state index in [0.29, 0.717) is 6.42 Å². The van der Waals surface area contributed by atoms with Crippen LogP contribution in [0, 0.1) is 0 Å². The molecular formula is C17H26N2O2. The summed E-state index contributed by atoms with van der Waals surface area (Å²) in [6, 6.07) is 6.44. The number of nitrogens with one attached hydrogen (secondary N) is 1. The van der Waals surface area contributed by atoms with Crippen molar-refractivity contribution in [2.75, 3.05) is 32.8 Å². The van der Waals surface area contributed by atoms with Crippen LogP contribution in [0.4, 0.5) is 0 Å². The van der Waals surface area contributed by atoms with E-state index in [2.05, 4.69) is 23.5 Å². The molecule has 0 spiro atoms. The monoisotopic (exact) mass is 290 g/mol. The van der Waals surface area contributed by atoms with Crippen LogP contribution < -0.4 is 10.1 Å². The molecule has 4 nitrogen and oxygen atoms in total. The van der Waals surface area contributed by atoms with Gasteiger partial charge in [-0.2, -0.15) is 0 Å². The largest absolute Gasteiger partial charge is 0.493 e. The Kier molecular flexibility index (Phi) is 6.05. The SMILES string of the molecule is CCN(CC)C(=O)CCNCCc1ccc2c(c1)CCO2. The van der Waals surface area contributed by atoms with Gasteiger partial charge in [0.1, 0.15) is 5.75 Å². The summed E-state index contributed by atoms with van der Waals surface area (Å²) in [4.78, 5) is 13.7. The maximum Gasteiger partial charge on any atom is 0.223 e. The number of hydrogen-bond donors (Lipinski definition) is 1. The third-order valence-electron chi connectivity index (χ3n) is 3.98. The fourth-order valence-electron chi connectivity index (χ4n) is 2.68. The van der Waals surface area contributed by atoms with Gasteiger partial charge in [-0.1, -0.05) is 12.1 Å². The van der Waals surface area contributed by atoms with Gasteiger partial charge in [-0.05, 0) is 44.0 Å². The first-order valence-corrected chi connectivity index (χ1v) is 7.97. The Morgan fingerprint density at radius 3 is 2.86 bits per heavy atom. The summed E-state index contributed by atoms with van der Waals surface area (Å²) in [5, 5.41) is 3.36. The lowest BCUT2D eigenvalue weighted by Gasteiger charge is -2.18. The molecule has 2 rings (SSSR count). The van der Waals surface area contributed by atoms with E-state index in [1.807, 2.05) is 18.7 Å². The normalized spacial score (nSPS) is 12.9. The third kappa shape index (κ3) is 4.46. The molecule has 1 amide bonds. The molecule has 0 saturated carbocycles. The number of fused-ring (bicyclic) bond motifs is 1. The van der Waals surface area contributed by atoms with Crippen molar-refractivity contribution < 1.29 is 9.53 Å². The highest BCUT2D eigenvalue weighted by atomic mass is 16.5. The first-order valence-electron chi connectivity index (χ1n) is 7.97. The molecule has 21 heavy (non-hydrogen) atoms. The Balaban J connectivity index is 1.65. The summed E-state index contributed by atoms with van der Waals surface area (Å²) in [6.45, 7) is 8.11. The van der Waals surface area contributed by atoms with Gasteiger partial charge in [0, 0.05) is 32.5 Å². The number of benzene rings is 1. The second kappa shape index (κ2) is 8.03. The van der Waals surface area contributed by atoms with E-state index in [1.54, 1.807) is 0 Å². The molecule has 1 N–H and O–H groups in total. The first kappa shape index (κ1) is 15.8. The second-order valence-corrected chi connectivity index (χ2v) is 5.36.